The minimum Gasteiger partial charge on any atom is -0.273 e. The molecule has 0 N–H and O–H groups in total. The summed E-state index contributed by atoms with van der Waals surface area (Å²) in [4.78, 5) is 10.9. The molecule has 0 heterocycles. The second-order valence-corrected chi connectivity index (χ2v) is 2.04. The molecule has 0 atom stereocenters. The van der Waals surface area contributed by atoms with Crippen molar-refractivity contribution in [3.8, 4) is 0 Å². The number of carbonyl (C=O) groups excluding carboxylic acids is 1. The van der Waals surface area contributed by atoms with E-state index in [-0.39, 0.29) is 5.91 Å². The topological polar surface area (TPSA) is 32.7 Å². The summed E-state index contributed by atoms with van der Waals surface area (Å²) in [6, 6.07) is 0. The quantitative estimate of drug-likeness (QED) is 0.475. The fraction of sp³-hybridized carbons (Fsp3) is 0.778. The van der Waals surface area contributed by atoms with Gasteiger partial charge in [-0.15, -0.1) is 0 Å². The van der Waals surface area contributed by atoms with Crippen LogP contribution in [0.25, 0.3) is 0 Å². The highest BCUT2D eigenvalue weighted by atomic mass is 16.2. The van der Waals surface area contributed by atoms with Gasteiger partial charge < -0.3 is 0 Å². The molecule has 0 aliphatic carbocycles. The number of hydrogen-bond acceptors (Lipinski definition) is 2. The van der Waals surface area contributed by atoms with E-state index < -0.39 is 0 Å². The average Bonchev–Trinajstić information content (AvgIpc) is 2.09. The van der Waals surface area contributed by atoms with Crippen molar-refractivity contribution in [2.75, 3.05) is 7.05 Å². The van der Waals surface area contributed by atoms with Crippen LogP contribution in [0.1, 0.15) is 40.5 Å². The summed E-state index contributed by atoms with van der Waals surface area (Å²) in [7, 11) is 1.66. The largest absolute Gasteiger partial charge is 0.273 e. The van der Waals surface area contributed by atoms with Crippen molar-refractivity contribution in [1.29, 1.82) is 0 Å². The first-order valence-electron chi connectivity index (χ1n) is 4.47. The van der Waals surface area contributed by atoms with Crippen LogP contribution in [0.3, 0.4) is 0 Å². The number of carbonyl (C=O) groups is 1. The third-order valence-corrected chi connectivity index (χ3v) is 1.11. The van der Waals surface area contributed by atoms with Gasteiger partial charge in [0.25, 0.3) is 0 Å². The maximum atomic E-state index is 10.9. The normalized spacial score (nSPS) is 9.08. The van der Waals surface area contributed by atoms with Gasteiger partial charge in [-0.05, 0) is 13.3 Å². The molecule has 12 heavy (non-hydrogen) atoms. The van der Waals surface area contributed by atoms with Crippen LogP contribution < -0.4 is 0 Å². The zero-order valence-electron chi connectivity index (χ0n) is 8.79. The van der Waals surface area contributed by atoms with Crippen LogP contribution >= 0.6 is 0 Å². The van der Waals surface area contributed by atoms with Crippen LogP contribution in [0, 0.1) is 0 Å². The highest BCUT2D eigenvalue weighted by Gasteiger charge is 2.02. The van der Waals surface area contributed by atoms with Crippen molar-refractivity contribution < 1.29 is 4.79 Å². The lowest BCUT2D eigenvalue weighted by molar-refractivity contribution is -0.129. The molecule has 72 valence electrons. The maximum absolute atomic E-state index is 10.9. The molecule has 0 saturated heterocycles. The Kier molecular flexibility index (Phi) is 11.6. The first-order chi connectivity index (χ1) is 5.72. The Morgan fingerprint density at radius 2 is 2.00 bits per heavy atom. The second-order valence-electron chi connectivity index (χ2n) is 2.04. The Hall–Kier alpha value is -0.860. The Balaban J connectivity index is 0. The van der Waals surface area contributed by atoms with E-state index in [0.29, 0.717) is 6.42 Å². The Bertz CT molecular complexity index is 132. The van der Waals surface area contributed by atoms with Gasteiger partial charge in [-0.2, -0.15) is 5.10 Å². The van der Waals surface area contributed by atoms with Crippen LogP contribution in [0.4, 0.5) is 0 Å². The van der Waals surface area contributed by atoms with E-state index in [1.165, 1.54) is 5.01 Å². The number of hydrogen-bond donors (Lipinski definition) is 0. The standard InChI is InChI=1S/C7H14N2O.C2H6/c1-4-6-7(10)9(3)8-5-2;1-2/h5H,4,6H2,1-3H3;1-2H3/b8-5-;. The van der Waals surface area contributed by atoms with Crippen LogP contribution in [0.2, 0.25) is 0 Å². The molecule has 0 saturated carbocycles. The van der Waals surface area contributed by atoms with E-state index in [2.05, 4.69) is 5.10 Å². The fourth-order valence-electron chi connectivity index (χ4n) is 0.613. The van der Waals surface area contributed by atoms with Gasteiger partial charge >= 0.3 is 0 Å². The lowest BCUT2D eigenvalue weighted by Crippen LogP contribution is -2.20. The maximum Gasteiger partial charge on any atom is 0.242 e. The third kappa shape index (κ3) is 7.25. The molecule has 0 spiro atoms. The van der Waals surface area contributed by atoms with E-state index in [4.69, 9.17) is 0 Å². The molecule has 0 fully saturated rings. The predicted molar refractivity (Wildman–Crippen MR) is 53.2 cm³/mol. The molecule has 0 aliphatic rings. The van der Waals surface area contributed by atoms with Crippen LogP contribution in [0.5, 0.6) is 0 Å². The van der Waals surface area contributed by atoms with Crippen LogP contribution in [-0.2, 0) is 4.79 Å². The molecule has 0 aromatic heterocycles. The van der Waals surface area contributed by atoms with Gasteiger partial charge in [0.1, 0.15) is 0 Å². The van der Waals surface area contributed by atoms with Crippen molar-refractivity contribution in [3.63, 3.8) is 0 Å². The minimum atomic E-state index is 0.0700. The summed E-state index contributed by atoms with van der Waals surface area (Å²) in [6.45, 7) is 7.76. The monoisotopic (exact) mass is 172 g/mol. The lowest BCUT2D eigenvalue weighted by atomic mass is 10.3. The molecule has 3 heteroatoms. The van der Waals surface area contributed by atoms with Crippen molar-refractivity contribution in [2.24, 2.45) is 5.10 Å². The van der Waals surface area contributed by atoms with Crippen molar-refractivity contribution in [3.05, 3.63) is 0 Å². The summed E-state index contributed by atoms with van der Waals surface area (Å²) in [5.41, 5.74) is 0. The molecule has 0 unspecified atom stereocenters. The number of nitrogens with zero attached hydrogens (tertiary/aromatic N) is 2. The molecule has 0 bridgehead atoms. The zero-order valence-corrected chi connectivity index (χ0v) is 8.79. The van der Waals surface area contributed by atoms with E-state index in [1.807, 2.05) is 20.8 Å². The van der Waals surface area contributed by atoms with Crippen molar-refractivity contribution in [2.45, 2.75) is 40.5 Å². The summed E-state index contributed by atoms with van der Waals surface area (Å²) in [5, 5.41) is 5.17. The number of rotatable bonds is 3. The van der Waals surface area contributed by atoms with Gasteiger partial charge in [-0.1, -0.05) is 20.8 Å². The molecule has 1 amide bonds. The summed E-state index contributed by atoms with van der Waals surface area (Å²) in [5.74, 6) is 0.0700. The fourth-order valence-corrected chi connectivity index (χ4v) is 0.613. The van der Waals surface area contributed by atoms with Crippen LogP contribution in [-0.4, -0.2) is 24.2 Å². The first kappa shape index (κ1) is 13.7. The van der Waals surface area contributed by atoms with Crippen molar-refractivity contribution >= 4 is 12.1 Å². The molecule has 0 rings (SSSR count). The first-order valence-corrected chi connectivity index (χ1v) is 4.47. The number of hydrazone groups is 1. The predicted octanol–water partition coefficient (Wildman–Crippen LogP) is 2.28. The van der Waals surface area contributed by atoms with E-state index in [9.17, 15) is 4.79 Å². The zero-order chi connectivity index (χ0) is 9.98. The highest BCUT2D eigenvalue weighted by molar-refractivity contribution is 5.76. The van der Waals surface area contributed by atoms with Gasteiger partial charge in [0, 0.05) is 19.7 Å². The summed E-state index contributed by atoms with van der Waals surface area (Å²) in [6.07, 6.45) is 3.06. The van der Waals surface area contributed by atoms with Crippen LogP contribution in [0.15, 0.2) is 5.10 Å². The van der Waals surface area contributed by atoms with Gasteiger partial charge in [-0.3, -0.25) is 4.79 Å². The molecule has 3 nitrogen and oxygen atoms in total. The van der Waals surface area contributed by atoms with Gasteiger partial charge in [-0.25, -0.2) is 5.01 Å². The molecule has 0 aromatic carbocycles. The molecular formula is C9H20N2O. The summed E-state index contributed by atoms with van der Waals surface area (Å²) >= 11 is 0. The SMILES string of the molecule is C/C=N\N(C)C(=O)CCC.CC. The Morgan fingerprint density at radius 3 is 2.33 bits per heavy atom. The van der Waals surface area contributed by atoms with Gasteiger partial charge in [0.15, 0.2) is 0 Å². The van der Waals surface area contributed by atoms with E-state index in [1.54, 1.807) is 20.2 Å². The Morgan fingerprint density at radius 1 is 1.50 bits per heavy atom. The molecule has 0 radical (unpaired) electrons. The number of amides is 1. The minimum absolute atomic E-state index is 0.0700. The summed E-state index contributed by atoms with van der Waals surface area (Å²) < 4.78 is 0. The van der Waals surface area contributed by atoms with Crippen molar-refractivity contribution in [1.82, 2.24) is 5.01 Å². The van der Waals surface area contributed by atoms with Gasteiger partial charge in [0.2, 0.25) is 5.91 Å². The van der Waals surface area contributed by atoms with Gasteiger partial charge in [0.05, 0.1) is 0 Å². The average molecular weight is 172 g/mol. The van der Waals surface area contributed by atoms with E-state index >= 15 is 0 Å². The second kappa shape index (κ2) is 10.1. The third-order valence-electron chi connectivity index (χ3n) is 1.11. The van der Waals surface area contributed by atoms with E-state index in [0.717, 1.165) is 6.42 Å². The molecular weight excluding hydrogens is 152 g/mol. The smallest absolute Gasteiger partial charge is 0.242 e. The Labute approximate surface area is 75.5 Å². The molecule has 0 aromatic rings. The molecule has 0 aliphatic heterocycles. The lowest BCUT2D eigenvalue weighted by Gasteiger charge is -2.08. The highest BCUT2D eigenvalue weighted by Crippen LogP contribution is 1.93.